The molecule has 1 aliphatic rings. The number of carboxylic acids is 1. The van der Waals surface area contributed by atoms with Crippen molar-refractivity contribution >= 4 is 47.4 Å². The molecule has 6 nitrogen and oxygen atoms in total. The summed E-state index contributed by atoms with van der Waals surface area (Å²) in [5.74, 6) is -1.95. The van der Waals surface area contributed by atoms with Crippen molar-refractivity contribution in [2.45, 2.75) is 38.5 Å². The molecule has 22 heavy (non-hydrogen) atoms. The minimum atomic E-state index is -0.981. The fourth-order valence-corrected chi connectivity index (χ4v) is 3.55. The highest BCUT2D eigenvalue weighted by molar-refractivity contribution is 8.14. The smallest absolute Gasteiger partial charge is 0.313 e. The molecule has 124 valence electrons. The molecule has 0 aromatic heterocycles. The first-order valence-electron chi connectivity index (χ1n) is 7.17. The molecule has 2 unspecified atom stereocenters. The van der Waals surface area contributed by atoms with Gasteiger partial charge in [-0.1, -0.05) is 11.8 Å². The maximum atomic E-state index is 11.5. The Labute approximate surface area is 138 Å². The molecule has 1 N–H and O–H groups in total. The molecule has 0 aromatic rings. The van der Waals surface area contributed by atoms with E-state index in [0.29, 0.717) is 18.6 Å². The lowest BCUT2D eigenvalue weighted by molar-refractivity contribution is -0.160. The first-order valence-corrected chi connectivity index (χ1v) is 8.79. The zero-order valence-electron chi connectivity index (χ0n) is 12.2. The van der Waals surface area contributed by atoms with E-state index in [9.17, 15) is 19.2 Å². The van der Waals surface area contributed by atoms with Gasteiger partial charge < -0.3 is 9.84 Å². The fraction of sp³-hybridized carbons (Fsp3) is 0.714. The number of carbonyl (C=O) groups excluding carboxylic acids is 3. The highest BCUT2D eigenvalue weighted by Crippen LogP contribution is 2.29. The van der Waals surface area contributed by atoms with Gasteiger partial charge in [-0.15, -0.1) is 0 Å². The minimum absolute atomic E-state index is 0.0295. The van der Waals surface area contributed by atoms with E-state index < -0.39 is 23.8 Å². The van der Waals surface area contributed by atoms with Gasteiger partial charge in [-0.2, -0.15) is 12.6 Å². The highest BCUT2D eigenvalue weighted by Gasteiger charge is 2.26. The molecule has 0 bridgehead atoms. The van der Waals surface area contributed by atoms with Crippen molar-refractivity contribution in [3.05, 3.63) is 0 Å². The Bertz CT molecular complexity index is 437. The summed E-state index contributed by atoms with van der Waals surface area (Å²) in [6, 6.07) is 0. The molecular weight excluding hydrogens is 328 g/mol. The van der Waals surface area contributed by atoms with E-state index in [1.54, 1.807) is 0 Å². The Hall–Kier alpha value is -1.02. The predicted octanol–water partition coefficient (Wildman–Crippen LogP) is 1.92. The molecule has 8 heteroatoms. The van der Waals surface area contributed by atoms with Crippen LogP contribution in [0.4, 0.5) is 0 Å². The quantitative estimate of drug-likeness (QED) is 0.373. The number of thiol groups is 1. The van der Waals surface area contributed by atoms with Crippen LogP contribution in [0.5, 0.6) is 0 Å². The van der Waals surface area contributed by atoms with Crippen LogP contribution in [0.2, 0.25) is 0 Å². The van der Waals surface area contributed by atoms with Crippen molar-refractivity contribution in [1.29, 1.82) is 0 Å². The number of esters is 2. The summed E-state index contributed by atoms with van der Waals surface area (Å²) in [7, 11) is 0. The zero-order valence-corrected chi connectivity index (χ0v) is 13.9. The lowest BCUT2D eigenvalue weighted by atomic mass is 10.0. The van der Waals surface area contributed by atoms with Gasteiger partial charge in [0.05, 0.1) is 5.92 Å². The molecule has 0 saturated carbocycles. The second kappa shape index (κ2) is 9.89. The van der Waals surface area contributed by atoms with Gasteiger partial charge in [0.15, 0.2) is 5.12 Å². The van der Waals surface area contributed by atoms with E-state index >= 15 is 0 Å². The molecular formula is C14H20O6S2. The number of ether oxygens (including phenoxy) is 1. The first-order chi connectivity index (χ1) is 10.4. The lowest BCUT2D eigenvalue weighted by Gasteiger charge is -2.10. The van der Waals surface area contributed by atoms with Crippen molar-refractivity contribution in [3.8, 4) is 0 Å². The standard InChI is InChI=1S/C14H20O6S2/c15-11(3-1-9(5-7-21)13(17)18)20-12(16)4-2-10-6-8-22-14(10)19/h9-10,21H,1-8H2,(H,17,18). The van der Waals surface area contributed by atoms with Crippen LogP contribution in [0.3, 0.4) is 0 Å². The molecule has 1 fully saturated rings. The van der Waals surface area contributed by atoms with Crippen molar-refractivity contribution in [2.24, 2.45) is 11.8 Å². The molecule has 0 aromatic carbocycles. The summed E-state index contributed by atoms with van der Waals surface area (Å²) >= 11 is 5.24. The largest absolute Gasteiger partial charge is 0.481 e. The van der Waals surface area contributed by atoms with Gasteiger partial charge in [-0.25, -0.2) is 0 Å². The third-order valence-electron chi connectivity index (χ3n) is 3.49. The average molecular weight is 348 g/mol. The van der Waals surface area contributed by atoms with Crippen LogP contribution in [0.1, 0.15) is 38.5 Å². The maximum absolute atomic E-state index is 11.5. The number of rotatable bonds is 9. The van der Waals surface area contributed by atoms with E-state index in [1.807, 2.05) is 0 Å². The molecule has 1 heterocycles. The fourth-order valence-electron chi connectivity index (χ4n) is 2.16. The highest BCUT2D eigenvalue weighted by atomic mass is 32.2. The normalized spacial score (nSPS) is 19.0. The first kappa shape index (κ1) is 19.0. The Morgan fingerprint density at radius 3 is 2.50 bits per heavy atom. The van der Waals surface area contributed by atoms with Crippen molar-refractivity contribution in [1.82, 2.24) is 0 Å². The molecule has 0 amide bonds. The second-order valence-electron chi connectivity index (χ2n) is 5.12. The van der Waals surface area contributed by atoms with Crippen molar-refractivity contribution in [3.63, 3.8) is 0 Å². The van der Waals surface area contributed by atoms with E-state index in [0.717, 1.165) is 12.2 Å². The van der Waals surface area contributed by atoms with E-state index in [2.05, 4.69) is 17.4 Å². The van der Waals surface area contributed by atoms with Crippen molar-refractivity contribution < 1.29 is 29.0 Å². The molecule has 2 atom stereocenters. The minimum Gasteiger partial charge on any atom is -0.481 e. The maximum Gasteiger partial charge on any atom is 0.313 e. The molecule has 1 saturated heterocycles. The Morgan fingerprint density at radius 2 is 1.95 bits per heavy atom. The van der Waals surface area contributed by atoms with Gasteiger partial charge in [0.25, 0.3) is 0 Å². The van der Waals surface area contributed by atoms with Crippen LogP contribution in [0, 0.1) is 11.8 Å². The van der Waals surface area contributed by atoms with Crippen LogP contribution in [0.25, 0.3) is 0 Å². The van der Waals surface area contributed by atoms with Gasteiger partial charge in [-0.05, 0) is 31.4 Å². The summed E-state index contributed by atoms with van der Waals surface area (Å²) in [6.45, 7) is 0. The van der Waals surface area contributed by atoms with Crippen LogP contribution in [-0.4, -0.2) is 39.6 Å². The van der Waals surface area contributed by atoms with Gasteiger partial charge in [0, 0.05) is 24.5 Å². The van der Waals surface area contributed by atoms with Crippen molar-refractivity contribution in [2.75, 3.05) is 11.5 Å². The van der Waals surface area contributed by atoms with E-state index in [1.165, 1.54) is 11.8 Å². The second-order valence-corrected chi connectivity index (χ2v) is 6.67. The van der Waals surface area contributed by atoms with Crippen LogP contribution in [0.15, 0.2) is 0 Å². The Morgan fingerprint density at radius 1 is 1.27 bits per heavy atom. The Kier molecular flexibility index (Phi) is 8.55. The summed E-state index contributed by atoms with van der Waals surface area (Å²) < 4.78 is 4.65. The summed E-state index contributed by atoms with van der Waals surface area (Å²) in [6.07, 6.45) is 1.56. The summed E-state index contributed by atoms with van der Waals surface area (Å²) in [4.78, 5) is 45.4. The van der Waals surface area contributed by atoms with Gasteiger partial charge >= 0.3 is 17.9 Å². The monoisotopic (exact) mass is 348 g/mol. The average Bonchev–Trinajstić information content (AvgIpc) is 2.86. The number of carboxylic acid groups (broad SMARTS) is 1. The Balaban J connectivity index is 2.24. The number of hydrogen-bond acceptors (Lipinski definition) is 7. The van der Waals surface area contributed by atoms with Gasteiger partial charge in [0.2, 0.25) is 0 Å². The molecule has 1 aliphatic heterocycles. The van der Waals surface area contributed by atoms with Crippen LogP contribution >= 0.6 is 24.4 Å². The topological polar surface area (TPSA) is 97.7 Å². The number of hydrogen-bond donors (Lipinski definition) is 2. The predicted molar refractivity (Wildman–Crippen MR) is 84.7 cm³/mol. The lowest BCUT2D eigenvalue weighted by Crippen LogP contribution is -2.19. The zero-order chi connectivity index (χ0) is 16.5. The third kappa shape index (κ3) is 6.83. The SMILES string of the molecule is O=C(CCC(CCS)C(=O)O)OC(=O)CCC1CCSC1=O. The molecule has 0 radical (unpaired) electrons. The summed E-state index contributed by atoms with van der Waals surface area (Å²) in [5, 5.41) is 9.04. The number of carbonyl (C=O) groups is 4. The number of thioether (sulfide) groups is 1. The summed E-state index contributed by atoms with van der Waals surface area (Å²) in [5.41, 5.74) is 0. The van der Waals surface area contributed by atoms with Gasteiger partial charge in [0.1, 0.15) is 0 Å². The third-order valence-corrected chi connectivity index (χ3v) is 4.81. The van der Waals surface area contributed by atoms with E-state index in [-0.39, 0.29) is 30.3 Å². The molecule has 0 spiro atoms. The van der Waals surface area contributed by atoms with Gasteiger partial charge in [-0.3, -0.25) is 19.2 Å². The molecule has 1 rings (SSSR count). The van der Waals surface area contributed by atoms with E-state index in [4.69, 9.17) is 5.11 Å². The molecule has 0 aliphatic carbocycles. The van der Waals surface area contributed by atoms with Crippen LogP contribution < -0.4 is 0 Å². The van der Waals surface area contributed by atoms with Crippen LogP contribution in [-0.2, 0) is 23.9 Å². The number of aliphatic carboxylic acids is 1.